The molecule has 1 heterocycles. The van der Waals surface area contributed by atoms with Gasteiger partial charge in [-0.15, -0.1) is 0 Å². The molecule has 5 nitrogen and oxygen atoms in total. The number of nitrogens with zero attached hydrogens (tertiary/aromatic N) is 2. The molecule has 0 aliphatic heterocycles. The van der Waals surface area contributed by atoms with Crippen LogP contribution in [0, 0.1) is 6.92 Å². The van der Waals surface area contributed by atoms with Crippen molar-refractivity contribution >= 4 is 5.91 Å². The predicted octanol–water partition coefficient (Wildman–Crippen LogP) is 0.675. The summed E-state index contributed by atoms with van der Waals surface area (Å²) in [5.74, 6) is 0.809. The summed E-state index contributed by atoms with van der Waals surface area (Å²) < 4.78 is 0. The first-order valence-corrected chi connectivity index (χ1v) is 5.46. The first-order chi connectivity index (χ1) is 7.49. The summed E-state index contributed by atoms with van der Waals surface area (Å²) in [6.45, 7) is 6.92. The van der Waals surface area contributed by atoms with Crippen LogP contribution in [0.1, 0.15) is 25.4 Å². The molecule has 1 rings (SSSR count). The van der Waals surface area contributed by atoms with Crippen molar-refractivity contribution in [2.45, 2.75) is 33.4 Å². The molecule has 0 aromatic carbocycles. The summed E-state index contributed by atoms with van der Waals surface area (Å²) in [5, 5.41) is 2.82. The molecule has 0 saturated heterocycles. The highest BCUT2D eigenvalue weighted by molar-refractivity contribution is 5.77. The lowest BCUT2D eigenvalue weighted by Gasteiger charge is -2.19. The number of aromatic amines is 1. The molecule has 1 aromatic heterocycles. The van der Waals surface area contributed by atoms with E-state index in [1.807, 2.05) is 18.9 Å². The van der Waals surface area contributed by atoms with E-state index in [1.54, 1.807) is 6.20 Å². The van der Waals surface area contributed by atoms with Gasteiger partial charge in [0.2, 0.25) is 5.91 Å². The molecule has 0 spiro atoms. The van der Waals surface area contributed by atoms with Crippen molar-refractivity contribution in [3.63, 3.8) is 0 Å². The molecule has 0 aliphatic carbocycles. The minimum atomic E-state index is 0.0188. The zero-order valence-corrected chi connectivity index (χ0v) is 10.4. The second-order valence-electron chi connectivity index (χ2n) is 4.30. The second kappa shape index (κ2) is 5.65. The average molecular weight is 224 g/mol. The number of likely N-dealkylation sites (N-methyl/N-ethyl adjacent to an activating group) is 1. The van der Waals surface area contributed by atoms with Gasteiger partial charge in [0.25, 0.3) is 0 Å². The van der Waals surface area contributed by atoms with Crippen molar-refractivity contribution in [1.82, 2.24) is 20.2 Å². The minimum Gasteiger partial charge on any atom is -0.348 e. The molecule has 0 fully saturated rings. The van der Waals surface area contributed by atoms with Crippen LogP contribution in [0.2, 0.25) is 0 Å². The van der Waals surface area contributed by atoms with Gasteiger partial charge in [-0.25, -0.2) is 4.98 Å². The van der Waals surface area contributed by atoms with E-state index in [0.29, 0.717) is 19.1 Å². The lowest BCUT2D eigenvalue weighted by Crippen LogP contribution is -2.38. The molecule has 1 amide bonds. The van der Waals surface area contributed by atoms with Crippen LogP contribution in [0.15, 0.2) is 6.20 Å². The lowest BCUT2D eigenvalue weighted by molar-refractivity contribution is -0.122. The summed E-state index contributed by atoms with van der Waals surface area (Å²) in [6, 6.07) is 0.372. The molecule has 0 aliphatic rings. The number of hydrogen-bond acceptors (Lipinski definition) is 3. The van der Waals surface area contributed by atoms with Gasteiger partial charge in [-0.2, -0.15) is 0 Å². The van der Waals surface area contributed by atoms with E-state index >= 15 is 0 Å². The fourth-order valence-electron chi connectivity index (χ4n) is 1.20. The van der Waals surface area contributed by atoms with Crippen molar-refractivity contribution < 1.29 is 4.79 Å². The fraction of sp³-hybridized carbons (Fsp3) is 0.636. The highest BCUT2D eigenvalue weighted by Gasteiger charge is 2.09. The van der Waals surface area contributed by atoms with Crippen LogP contribution in [0.4, 0.5) is 0 Å². The van der Waals surface area contributed by atoms with E-state index in [4.69, 9.17) is 0 Å². The third-order valence-electron chi connectivity index (χ3n) is 2.48. The zero-order valence-electron chi connectivity index (χ0n) is 10.4. The number of rotatable bonds is 5. The summed E-state index contributed by atoms with van der Waals surface area (Å²) in [4.78, 5) is 20.7. The van der Waals surface area contributed by atoms with E-state index in [0.717, 1.165) is 11.5 Å². The van der Waals surface area contributed by atoms with Gasteiger partial charge >= 0.3 is 0 Å². The van der Waals surface area contributed by atoms with Gasteiger partial charge in [0, 0.05) is 17.9 Å². The van der Waals surface area contributed by atoms with Gasteiger partial charge in [-0.05, 0) is 27.8 Å². The van der Waals surface area contributed by atoms with Crippen LogP contribution in [0.5, 0.6) is 0 Å². The van der Waals surface area contributed by atoms with Crippen LogP contribution < -0.4 is 5.32 Å². The molecular formula is C11H20N4O. The quantitative estimate of drug-likeness (QED) is 0.773. The predicted molar refractivity (Wildman–Crippen MR) is 62.9 cm³/mol. The third kappa shape index (κ3) is 4.02. The smallest absolute Gasteiger partial charge is 0.234 e. The Morgan fingerprint density at radius 1 is 1.62 bits per heavy atom. The van der Waals surface area contributed by atoms with Crippen LogP contribution in [0.25, 0.3) is 0 Å². The molecule has 1 aromatic rings. The molecule has 5 heteroatoms. The summed E-state index contributed by atoms with van der Waals surface area (Å²) in [7, 11) is 1.93. The Hall–Kier alpha value is -1.36. The Morgan fingerprint density at radius 2 is 2.31 bits per heavy atom. The van der Waals surface area contributed by atoms with Gasteiger partial charge in [0.1, 0.15) is 5.82 Å². The molecule has 90 valence electrons. The molecule has 0 radical (unpaired) electrons. The maximum Gasteiger partial charge on any atom is 0.234 e. The van der Waals surface area contributed by atoms with Crippen LogP contribution in [-0.4, -0.2) is 40.4 Å². The number of amides is 1. The minimum absolute atomic E-state index is 0.0188. The number of hydrogen-bond donors (Lipinski definition) is 2. The Morgan fingerprint density at radius 3 is 2.81 bits per heavy atom. The van der Waals surface area contributed by atoms with Gasteiger partial charge in [-0.1, -0.05) is 0 Å². The van der Waals surface area contributed by atoms with Crippen molar-refractivity contribution in [2.75, 3.05) is 13.6 Å². The summed E-state index contributed by atoms with van der Waals surface area (Å²) >= 11 is 0. The van der Waals surface area contributed by atoms with Gasteiger partial charge < -0.3 is 10.3 Å². The number of carbonyl (C=O) groups excluding carboxylic acids is 1. The van der Waals surface area contributed by atoms with E-state index in [2.05, 4.69) is 29.1 Å². The molecule has 0 atom stereocenters. The van der Waals surface area contributed by atoms with Crippen molar-refractivity contribution in [3.8, 4) is 0 Å². The van der Waals surface area contributed by atoms with Gasteiger partial charge in [0.15, 0.2) is 0 Å². The number of aromatic nitrogens is 2. The second-order valence-corrected chi connectivity index (χ2v) is 4.30. The standard InChI is InChI=1S/C11H20N4O/c1-8(2)15(4)7-11(16)13-6-10-12-5-9(3)14-10/h5,8H,6-7H2,1-4H3,(H,12,14)(H,13,16). The van der Waals surface area contributed by atoms with Crippen molar-refractivity contribution in [3.05, 3.63) is 17.7 Å². The largest absolute Gasteiger partial charge is 0.348 e. The highest BCUT2D eigenvalue weighted by atomic mass is 16.2. The normalized spacial score (nSPS) is 11.1. The Bertz CT molecular complexity index is 346. The zero-order chi connectivity index (χ0) is 12.1. The number of imidazole rings is 1. The van der Waals surface area contributed by atoms with Crippen LogP contribution in [0.3, 0.4) is 0 Å². The Labute approximate surface area is 96.3 Å². The molecule has 0 bridgehead atoms. The summed E-state index contributed by atoms with van der Waals surface area (Å²) in [6.07, 6.45) is 1.75. The fourth-order valence-corrected chi connectivity index (χ4v) is 1.20. The van der Waals surface area contributed by atoms with E-state index in [-0.39, 0.29) is 5.91 Å². The SMILES string of the molecule is Cc1cnc(CNC(=O)CN(C)C(C)C)[nH]1. The molecule has 0 saturated carbocycles. The van der Waals surface area contributed by atoms with Gasteiger partial charge in [-0.3, -0.25) is 9.69 Å². The monoisotopic (exact) mass is 224 g/mol. The third-order valence-corrected chi connectivity index (χ3v) is 2.48. The van der Waals surface area contributed by atoms with Crippen LogP contribution >= 0.6 is 0 Å². The number of carbonyl (C=O) groups is 1. The Kier molecular flexibility index (Phi) is 4.49. The first kappa shape index (κ1) is 12.7. The first-order valence-electron chi connectivity index (χ1n) is 5.46. The van der Waals surface area contributed by atoms with E-state index in [1.165, 1.54) is 0 Å². The van der Waals surface area contributed by atoms with E-state index < -0.39 is 0 Å². The number of H-pyrrole nitrogens is 1. The Balaban J connectivity index is 2.30. The maximum atomic E-state index is 11.5. The highest BCUT2D eigenvalue weighted by Crippen LogP contribution is 1.95. The average Bonchev–Trinajstić information content (AvgIpc) is 2.61. The number of aryl methyl sites for hydroxylation is 1. The number of nitrogens with one attached hydrogen (secondary N) is 2. The summed E-state index contributed by atoms with van der Waals surface area (Å²) in [5.41, 5.74) is 1.00. The van der Waals surface area contributed by atoms with Gasteiger partial charge in [0.05, 0.1) is 13.1 Å². The topological polar surface area (TPSA) is 61.0 Å². The molecule has 0 unspecified atom stereocenters. The van der Waals surface area contributed by atoms with Crippen molar-refractivity contribution in [2.24, 2.45) is 0 Å². The van der Waals surface area contributed by atoms with Crippen molar-refractivity contribution in [1.29, 1.82) is 0 Å². The van der Waals surface area contributed by atoms with E-state index in [9.17, 15) is 4.79 Å². The molecule has 16 heavy (non-hydrogen) atoms. The van der Waals surface area contributed by atoms with Crippen LogP contribution in [-0.2, 0) is 11.3 Å². The lowest BCUT2D eigenvalue weighted by atomic mass is 10.3. The maximum absolute atomic E-state index is 11.5. The molecule has 2 N–H and O–H groups in total. The molecular weight excluding hydrogens is 204 g/mol.